The van der Waals surface area contributed by atoms with Gasteiger partial charge in [0.05, 0.1) is 5.54 Å². The molecule has 0 amide bonds. The molecule has 9 heteroatoms. The fourth-order valence-electron chi connectivity index (χ4n) is 4.78. The summed E-state index contributed by atoms with van der Waals surface area (Å²) in [5.41, 5.74) is 3.04. The van der Waals surface area contributed by atoms with E-state index in [2.05, 4.69) is 36.4 Å². The van der Waals surface area contributed by atoms with Gasteiger partial charge >= 0.3 is 0 Å². The van der Waals surface area contributed by atoms with E-state index in [1.165, 1.54) is 12.1 Å². The number of tetrazole rings is 1. The molecule has 0 spiro atoms. The molecule has 8 nitrogen and oxygen atoms in total. The van der Waals surface area contributed by atoms with Gasteiger partial charge in [0, 0.05) is 42.9 Å². The Morgan fingerprint density at radius 3 is 2.40 bits per heavy atom. The first kappa shape index (κ1) is 23.2. The summed E-state index contributed by atoms with van der Waals surface area (Å²) in [6, 6.07) is 14.1. The molecule has 4 aromatic rings. The van der Waals surface area contributed by atoms with Gasteiger partial charge in [-0.2, -0.15) is 0 Å². The molecule has 0 saturated carbocycles. The third kappa shape index (κ3) is 4.55. The fourth-order valence-corrected chi connectivity index (χ4v) is 4.78. The first-order valence-corrected chi connectivity index (χ1v) is 11.9. The Morgan fingerprint density at radius 2 is 1.71 bits per heavy atom. The zero-order valence-electron chi connectivity index (χ0n) is 20.5. The van der Waals surface area contributed by atoms with Crippen molar-refractivity contribution >= 4 is 16.6 Å². The number of nitrogens with one attached hydrogen (secondary N) is 1. The average molecular weight is 476 g/mol. The highest BCUT2D eigenvalue weighted by atomic mass is 19.1. The predicted octanol–water partition coefficient (Wildman–Crippen LogP) is 3.63. The molecule has 0 bridgehead atoms. The van der Waals surface area contributed by atoms with E-state index < -0.39 is 6.04 Å². The Morgan fingerprint density at radius 1 is 1.00 bits per heavy atom. The molecule has 1 aliphatic rings. The number of hydrogen-bond donors (Lipinski definition) is 1. The molecule has 1 aliphatic heterocycles. The van der Waals surface area contributed by atoms with Crippen LogP contribution in [0.5, 0.6) is 0 Å². The number of pyridine rings is 1. The van der Waals surface area contributed by atoms with Crippen LogP contribution in [0.2, 0.25) is 0 Å². The minimum Gasteiger partial charge on any atom is -0.369 e. The van der Waals surface area contributed by atoms with E-state index in [1.807, 2.05) is 50.6 Å². The second-order valence-electron chi connectivity index (χ2n) is 10.2. The standard InChI is InChI=1S/C26H30FN7O/c1-17-5-10-22-18(15-17)16-21(25(35)28-22)23(24-29-30-31-34(24)26(2,3)4)33-13-11-32(12-14-33)20-8-6-19(27)7-9-20/h5-10,15-16,23H,11-14H2,1-4H3,(H,28,35)/t23-/m0/s1. The lowest BCUT2D eigenvalue weighted by Crippen LogP contribution is -2.49. The fraction of sp³-hybridized carbons (Fsp3) is 0.385. The zero-order valence-corrected chi connectivity index (χ0v) is 20.5. The lowest BCUT2D eigenvalue weighted by atomic mass is 10.0. The van der Waals surface area contributed by atoms with E-state index >= 15 is 0 Å². The molecule has 1 fully saturated rings. The lowest BCUT2D eigenvalue weighted by molar-refractivity contribution is 0.190. The molecule has 35 heavy (non-hydrogen) atoms. The van der Waals surface area contributed by atoms with Crippen LogP contribution in [0.1, 0.15) is 43.8 Å². The van der Waals surface area contributed by atoms with Crippen LogP contribution in [0.25, 0.3) is 10.9 Å². The quantitative estimate of drug-likeness (QED) is 0.485. The molecule has 0 radical (unpaired) electrons. The maximum absolute atomic E-state index is 13.4. The number of halogens is 1. The molecule has 2 aromatic carbocycles. The predicted molar refractivity (Wildman–Crippen MR) is 134 cm³/mol. The van der Waals surface area contributed by atoms with Gasteiger partial charge in [-0.05, 0) is 86.0 Å². The van der Waals surface area contributed by atoms with Crippen molar-refractivity contribution in [2.24, 2.45) is 0 Å². The van der Waals surface area contributed by atoms with Crippen molar-refractivity contribution in [1.29, 1.82) is 0 Å². The van der Waals surface area contributed by atoms with Crippen molar-refractivity contribution in [3.8, 4) is 0 Å². The van der Waals surface area contributed by atoms with E-state index in [0.717, 1.165) is 35.2 Å². The Balaban J connectivity index is 1.55. The van der Waals surface area contributed by atoms with Crippen LogP contribution >= 0.6 is 0 Å². The number of benzene rings is 2. The molecule has 182 valence electrons. The molecular weight excluding hydrogens is 445 g/mol. The molecule has 0 unspecified atom stereocenters. The van der Waals surface area contributed by atoms with Crippen LogP contribution in [0.4, 0.5) is 10.1 Å². The number of aromatic nitrogens is 5. The molecule has 1 saturated heterocycles. The summed E-state index contributed by atoms with van der Waals surface area (Å²) in [6.07, 6.45) is 0. The average Bonchev–Trinajstić information content (AvgIpc) is 3.31. The van der Waals surface area contributed by atoms with Gasteiger partial charge in [-0.25, -0.2) is 9.07 Å². The van der Waals surface area contributed by atoms with Crippen LogP contribution < -0.4 is 10.5 Å². The number of nitrogens with zero attached hydrogens (tertiary/aromatic N) is 6. The van der Waals surface area contributed by atoms with Gasteiger partial charge in [-0.15, -0.1) is 5.10 Å². The van der Waals surface area contributed by atoms with E-state index in [9.17, 15) is 9.18 Å². The molecule has 0 aliphatic carbocycles. The number of hydrogen-bond acceptors (Lipinski definition) is 6. The highest BCUT2D eigenvalue weighted by molar-refractivity contribution is 5.79. The normalized spacial score (nSPS) is 16.1. The van der Waals surface area contributed by atoms with Crippen LogP contribution in [-0.2, 0) is 5.54 Å². The molecule has 1 N–H and O–H groups in total. The van der Waals surface area contributed by atoms with Crippen molar-refractivity contribution in [2.75, 3.05) is 31.1 Å². The second kappa shape index (κ2) is 8.88. The van der Waals surface area contributed by atoms with Crippen molar-refractivity contribution in [2.45, 2.75) is 39.3 Å². The Hall–Kier alpha value is -3.59. The first-order valence-electron chi connectivity index (χ1n) is 11.9. The van der Waals surface area contributed by atoms with Crippen molar-refractivity contribution < 1.29 is 4.39 Å². The second-order valence-corrected chi connectivity index (χ2v) is 10.2. The Kier molecular flexibility index (Phi) is 5.88. The number of aryl methyl sites for hydroxylation is 1. The number of H-pyrrole nitrogens is 1. The van der Waals surface area contributed by atoms with E-state index in [1.54, 1.807) is 12.1 Å². The van der Waals surface area contributed by atoms with Gasteiger partial charge in [-0.1, -0.05) is 11.6 Å². The topological polar surface area (TPSA) is 82.9 Å². The molecular formula is C26H30FN7O. The maximum Gasteiger partial charge on any atom is 0.253 e. The third-order valence-corrected chi connectivity index (χ3v) is 6.57. The van der Waals surface area contributed by atoms with E-state index in [0.29, 0.717) is 24.5 Å². The number of aromatic amines is 1. The van der Waals surface area contributed by atoms with E-state index in [-0.39, 0.29) is 16.9 Å². The lowest BCUT2D eigenvalue weighted by Gasteiger charge is -2.40. The van der Waals surface area contributed by atoms with E-state index in [4.69, 9.17) is 0 Å². The molecule has 2 aromatic heterocycles. The number of anilines is 1. The van der Waals surface area contributed by atoms with Gasteiger partial charge in [-0.3, -0.25) is 9.69 Å². The summed E-state index contributed by atoms with van der Waals surface area (Å²) in [5, 5.41) is 13.6. The van der Waals surface area contributed by atoms with Crippen molar-refractivity contribution in [1.82, 2.24) is 30.1 Å². The minimum absolute atomic E-state index is 0.143. The van der Waals surface area contributed by atoms with Gasteiger partial charge < -0.3 is 9.88 Å². The molecule has 3 heterocycles. The van der Waals surface area contributed by atoms with Crippen molar-refractivity contribution in [3.05, 3.63) is 81.7 Å². The van der Waals surface area contributed by atoms with Crippen LogP contribution in [-0.4, -0.2) is 56.3 Å². The summed E-state index contributed by atoms with van der Waals surface area (Å²) in [6.45, 7) is 11.1. The molecule has 1 atom stereocenters. The zero-order chi connectivity index (χ0) is 24.7. The highest BCUT2D eigenvalue weighted by Crippen LogP contribution is 2.31. The minimum atomic E-state index is -0.409. The summed E-state index contributed by atoms with van der Waals surface area (Å²) in [7, 11) is 0. The summed E-state index contributed by atoms with van der Waals surface area (Å²) in [5.74, 6) is 0.400. The van der Waals surface area contributed by atoms with Gasteiger partial charge in [0.2, 0.25) is 0 Å². The number of fused-ring (bicyclic) bond motifs is 1. The highest BCUT2D eigenvalue weighted by Gasteiger charge is 2.35. The smallest absolute Gasteiger partial charge is 0.253 e. The van der Waals surface area contributed by atoms with Crippen LogP contribution in [0.3, 0.4) is 0 Å². The maximum atomic E-state index is 13.4. The SMILES string of the molecule is Cc1ccc2[nH]c(=O)c([C@@H](c3nnnn3C(C)(C)C)N3CCN(c4ccc(F)cc4)CC3)cc2c1. The van der Waals surface area contributed by atoms with Crippen LogP contribution in [0.15, 0.2) is 53.3 Å². The van der Waals surface area contributed by atoms with Gasteiger partial charge in [0.1, 0.15) is 11.9 Å². The van der Waals surface area contributed by atoms with Crippen LogP contribution in [0, 0.1) is 12.7 Å². The number of rotatable bonds is 4. The van der Waals surface area contributed by atoms with Gasteiger partial charge in [0.25, 0.3) is 5.56 Å². The molecule has 5 rings (SSSR count). The van der Waals surface area contributed by atoms with Crippen molar-refractivity contribution in [3.63, 3.8) is 0 Å². The summed E-state index contributed by atoms with van der Waals surface area (Å²) >= 11 is 0. The first-order chi connectivity index (χ1) is 16.7. The number of piperazine rings is 1. The Labute approximate surface area is 203 Å². The summed E-state index contributed by atoms with van der Waals surface area (Å²) in [4.78, 5) is 20.9. The van der Waals surface area contributed by atoms with Gasteiger partial charge in [0.15, 0.2) is 5.82 Å². The third-order valence-electron chi connectivity index (χ3n) is 6.57. The monoisotopic (exact) mass is 475 g/mol. The largest absolute Gasteiger partial charge is 0.369 e. The summed E-state index contributed by atoms with van der Waals surface area (Å²) < 4.78 is 15.2. The Bertz CT molecular complexity index is 1400.